The van der Waals surface area contributed by atoms with Crippen molar-refractivity contribution in [2.75, 3.05) is 0 Å². The van der Waals surface area contributed by atoms with Gasteiger partial charge in [0.05, 0.1) is 0 Å². The molecule has 0 spiro atoms. The number of hydrogen-bond donors (Lipinski definition) is 0. The van der Waals surface area contributed by atoms with Gasteiger partial charge in [0.2, 0.25) is 0 Å². The highest BCUT2D eigenvalue weighted by molar-refractivity contribution is 5.97. The number of rotatable bonds is 3. The molecule has 2 aromatic carbocycles. The summed E-state index contributed by atoms with van der Waals surface area (Å²) in [5.74, 6) is -7.21. The summed E-state index contributed by atoms with van der Waals surface area (Å²) in [5, 5.41) is 0. The topological polar surface area (TPSA) is 17.1 Å². The molecule has 20 heavy (non-hydrogen) atoms. The quantitative estimate of drug-likeness (QED) is 0.476. The molecule has 0 radical (unpaired) electrons. The maximum Gasteiger partial charge on any atom is 0.194 e. The van der Waals surface area contributed by atoms with Gasteiger partial charge in [-0.15, -0.1) is 0 Å². The predicted octanol–water partition coefficient (Wildman–Crippen LogP) is 3.81. The Morgan fingerprint density at radius 3 is 1.80 bits per heavy atom. The molecule has 6 heteroatoms. The van der Waals surface area contributed by atoms with Gasteiger partial charge in [-0.05, 0) is 29.8 Å². The minimum atomic E-state index is -1.68. The first-order valence-electron chi connectivity index (χ1n) is 5.49. The molecule has 0 atom stereocenters. The maximum absolute atomic E-state index is 13.0. The molecule has 0 aliphatic heterocycles. The van der Waals surface area contributed by atoms with Crippen LogP contribution in [-0.2, 0) is 6.42 Å². The first kappa shape index (κ1) is 14.2. The van der Waals surface area contributed by atoms with Gasteiger partial charge in [-0.2, -0.15) is 0 Å². The summed E-state index contributed by atoms with van der Waals surface area (Å²) in [7, 11) is 0. The number of hydrogen-bond acceptors (Lipinski definition) is 1. The van der Waals surface area contributed by atoms with Crippen molar-refractivity contribution in [1.82, 2.24) is 0 Å². The van der Waals surface area contributed by atoms with Gasteiger partial charge < -0.3 is 0 Å². The van der Waals surface area contributed by atoms with Crippen molar-refractivity contribution in [1.29, 1.82) is 0 Å². The molecule has 0 aromatic heterocycles. The lowest BCUT2D eigenvalue weighted by Gasteiger charge is -2.04. The maximum atomic E-state index is 13.0. The fourth-order valence-corrected chi connectivity index (χ4v) is 1.72. The van der Waals surface area contributed by atoms with E-state index in [1.807, 2.05) is 0 Å². The molecule has 0 unspecified atom stereocenters. The summed E-state index contributed by atoms with van der Waals surface area (Å²) >= 11 is 0. The average Bonchev–Trinajstić information content (AvgIpc) is 2.33. The summed E-state index contributed by atoms with van der Waals surface area (Å²) in [5.41, 5.74) is -0.399. The van der Waals surface area contributed by atoms with Crippen LogP contribution in [0, 0.1) is 29.1 Å². The van der Waals surface area contributed by atoms with Crippen molar-refractivity contribution in [2.24, 2.45) is 0 Å². The monoisotopic (exact) mass is 286 g/mol. The lowest BCUT2D eigenvalue weighted by Crippen LogP contribution is -2.06. The van der Waals surface area contributed by atoms with Gasteiger partial charge in [0.15, 0.2) is 23.2 Å². The summed E-state index contributed by atoms with van der Waals surface area (Å²) in [6, 6.07) is 3.56. The van der Waals surface area contributed by atoms with Crippen LogP contribution in [0.3, 0.4) is 0 Å². The van der Waals surface area contributed by atoms with Crippen molar-refractivity contribution < 1.29 is 26.7 Å². The highest BCUT2D eigenvalue weighted by Gasteiger charge is 2.16. The lowest BCUT2D eigenvalue weighted by molar-refractivity contribution is 0.0991. The van der Waals surface area contributed by atoms with E-state index in [0.29, 0.717) is 18.2 Å². The van der Waals surface area contributed by atoms with E-state index in [9.17, 15) is 26.7 Å². The zero-order valence-corrected chi connectivity index (χ0v) is 9.89. The summed E-state index contributed by atoms with van der Waals surface area (Å²) in [4.78, 5) is 11.8. The summed E-state index contributed by atoms with van der Waals surface area (Å²) in [6.07, 6.45) is -0.459. The first-order chi connectivity index (χ1) is 9.36. The molecule has 0 saturated heterocycles. The second-order valence-electron chi connectivity index (χ2n) is 4.13. The van der Waals surface area contributed by atoms with Gasteiger partial charge in [-0.1, -0.05) is 0 Å². The van der Waals surface area contributed by atoms with Crippen molar-refractivity contribution in [3.05, 3.63) is 70.5 Å². The second-order valence-corrected chi connectivity index (χ2v) is 4.13. The average molecular weight is 286 g/mol. The highest BCUT2D eigenvalue weighted by Crippen LogP contribution is 2.16. The number of benzene rings is 2. The third kappa shape index (κ3) is 3.01. The highest BCUT2D eigenvalue weighted by atomic mass is 19.2. The third-order valence-electron chi connectivity index (χ3n) is 2.59. The minimum Gasteiger partial charge on any atom is -0.294 e. The first-order valence-corrected chi connectivity index (χ1v) is 5.49. The Bertz CT molecular complexity index is 638. The van der Waals surface area contributed by atoms with Gasteiger partial charge >= 0.3 is 0 Å². The Morgan fingerprint density at radius 2 is 1.30 bits per heavy atom. The molecule has 2 rings (SSSR count). The molecule has 0 saturated carbocycles. The van der Waals surface area contributed by atoms with Crippen LogP contribution in [0.5, 0.6) is 0 Å². The number of carbonyl (C=O) groups excluding carboxylic acids is 1. The van der Waals surface area contributed by atoms with Crippen molar-refractivity contribution in [3.63, 3.8) is 0 Å². The van der Waals surface area contributed by atoms with Crippen LogP contribution >= 0.6 is 0 Å². The van der Waals surface area contributed by atoms with Crippen LogP contribution in [0.15, 0.2) is 30.3 Å². The van der Waals surface area contributed by atoms with E-state index < -0.39 is 46.9 Å². The summed E-state index contributed by atoms with van der Waals surface area (Å²) < 4.78 is 64.6. The standard InChI is InChI=1S/C14H7F5O/c15-9-1-7(2-10(16)6-9)3-13(20)8-4-11(17)14(19)12(18)5-8/h1-2,4-6H,3H2. The lowest BCUT2D eigenvalue weighted by atomic mass is 10.0. The fraction of sp³-hybridized carbons (Fsp3) is 0.0714. The van der Waals surface area contributed by atoms with Gasteiger partial charge in [0, 0.05) is 18.1 Å². The Morgan fingerprint density at radius 1 is 0.800 bits per heavy atom. The molecule has 2 aromatic rings. The molecule has 0 heterocycles. The van der Waals surface area contributed by atoms with E-state index in [1.54, 1.807) is 0 Å². The van der Waals surface area contributed by atoms with E-state index in [-0.39, 0.29) is 5.56 Å². The number of Topliss-reactive ketones (excluding diaryl/α,β-unsaturated/α-hetero) is 1. The molecule has 0 fully saturated rings. The smallest absolute Gasteiger partial charge is 0.194 e. The number of carbonyl (C=O) groups is 1. The van der Waals surface area contributed by atoms with Gasteiger partial charge in [0.1, 0.15) is 11.6 Å². The number of halogens is 5. The molecule has 0 aliphatic rings. The zero-order chi connectivity index (χ0) is 14.9. The molecule has 104 valence electrons. The van der Waals surface area contributed by atoms with Gasteiger partial charge in [0.25, 0.3) is 0 Å². The second kappa shape index (κ2) is 5.40. The van der Waals surface area contributed by atoms with E-state index in [2.05, 4.69) is 0 Å². The van der Waals surface area contributed by atoms with Crippen molar-refractivity contribution in [2.45, 2.75) is 6.42 Å². The Balaban J connectivity index is 2.28. The molecule has 0 amide bonds. The molecule has 0 bridgehead atoms. The number of ketones is 1. The Hall–Kier alpha value is -2.24. The minimum absolute atomic E-state index is 0.0117. The molecule has 1 nitrogen and oxygen atoms in total. The SMILES string of the molecule is O=C(Cc1cc(F)cc(F)c1)c1cc(F)c(F)c(F)c1. The summed E-state index contributed by atoms with van der Waals surface area (Å²) in [6.45, 7) is 0. The van der Waals surface area contributed by atoms with Gasteiger partial charge in [-0.3, -0.25) is 4.79 Å². The van der Waals surface area contributed by atoms with Crippen LogP contribution in [-0.4, -0.2) is 5.78 Å². The van der Waals surface area contributed by atoms with Crippen LogP contribution < -0.4 is 0 Å². The van der Waals surface area contributed by atoms with Gasteiger partial charge in [-0.25, -0.2) is 22.0 Å². The third-order valence-corrected chi connectivity index (χ3v) is 2.59. The van der Waals surface area contributed by atoms with Crippen molar-refractivity contribution >= 4 is 5.78 Å². The van der Waals surface area contributed by atoms with E-state index in [4.69, 9.17) is 0 Å². The molecular weight excluding hydrogens is 279 g/mol. The predicted molar refractivity (Wildman–Crippen MR) is 60.7 cm³/mol. The largest absolute Gasteiger partial charge is 0.294 e. The van der Waals surface area contributed by atoms with E-state index in [1.165, 1.54) is 0 Å². The van der Waals surface area contributed by atoms with Crippen LogP contribution in [0.1, 0.15) is 15.9 Å². The molecule has 0 aliphatic carbocycles. The van der Waals surface area contributed by atoms with Crippen LogP contribution in [0.25, 0.3) is 0 Å². The Labute approximate surface area is 110 Å². The van der Waals surface area contributed by atoms with E-state index >= 15 is 0 Å². The van der Waals surface area contributed by atoms with Crippen LogP contribution in [0.2, 0.25) is 0 Å². The van der Waals surface area contributed by atoms with E-state index in [0.717, 1.165) is 12.1 Å². The molecule has 0 N–H and O–H groups in total. The fourth-order valence-electron chi connectivity index (χ4n) is 1.72. The normalized spacial score (nSPS) is 10.7. The molecular formula is C14H7F5O. The Kier molecular flexibility index (Phi) is 3.83. The zero-order valence-electron chi connectivity index (χ0n) is 9.89. The van der Waals surface area contributed by atoms with Crippen molar-refractivity contribution in [3.8, 4) is 0 Å². The van der Waals surface area contributed by atoms with Crippen LogP contribution in [0.4, 0.5) is 22.0 Å².